The molecule has 1 aromatic carbocycles. The van der Waals surface area contributed by atoms with E-state index in [1.54, 1.807) is 0 Å². The smallest absolute Gasteiger partial charge is 0.0856 e. The summed E-state index contributed by atoms with van der Waals surface area (Å²) in [5, 5.41) is 15.8. The largest absolute Gasteiger partial charge is 0.388 e. The first-order valence-electron chi connectivity index (χ1n) is 6.84. The van der Waals surface area contributed by atoms with E-state index in [1.807, 2.05) is 36.7 Å². The highest BCUT2D eigenvalue weighted by molar-refractivity contribution is 14.1. The molecule has 1 aromatic heterocycles. The Morgan fingerprint density at radius 1 is 1.43 bits per heavy atom. The fraction of sp³-hybridized carbons (Fsp3) is 0.400. The molecule has 0 aliphatic rings. The minimum absolute atomic E-state index is 0.464. The summed E-state index contributed by atoms with van der Waals surface area (Å²) in [5.41, 5.74) is 2.70. The van der Waals surface area contributed by atoms with E-state index < -0.39 is 6.10 Å². The lowest BCUT2D eigenvalue weighted by atomic mass is 10.0. The molecule has 0 aliphatic carbocycles. The zero-order valence-corrected chi connectivity index (χ0v) is 16.4. The van der Waals surface area contributed by atoms with Gasteiger partial charge in [-0.2, -0.15) is 5.10 Å². The summed E-state index contributed by atoms with van der Waals surface area (Å²) in [6.45, 7) is 4.81. The summed E-state index contributed by atoms with van der Waals surface area (Å²) in [5.74, 6) is 0. The van der Waals surface area contributed by atoms with Crippen molar-refractivity contribution in [2.75, 3.05) is 0 Å². The molecule has 3 nitrogen and oxygen atoms in total. The van der Waals surface area contributed by atoms with E-state index in [9.17, 15) is 5.11 Å². The van der Waals surface area contributed by atoms with Crippen molar-refractivity contribution in [2.45, 2.75) is 39.3 Å². The number of hydrogen-bond acceptors (Lipinski definition) is 2. The molecule has 0 saturated heterocycles. The monoisotopic (exact) mass is 482 g/mol. The van der Waals surface area contributed by atoms with Gasteiger partial charge >= 0.3 is 0 Å². The molecule has 2 aromatic rings. The van der Waals surface area contributed by atoms with Crippen molar-refractivity contribution in [3.8, 4) is 0 Å². The van der Waals surface area contributed by atoms with Crippen LogP contribution in [0.15, 0.2) is 22.7 Å². The van der Waals surface area contributed by atoms with Gasteiger partial charge in [-0.15, -0.1) is 0 Å². The SMILES string of the molecule is CCc1nn(CC)c(CC(O)c2cc(Br)ccc2I)c1Cl. The maximum Gasteiger partial charge on any atom is 0.0856 e. The predicted molar refractivity (Wildman–Crippen MR) is 97.8 cm³/mol. The molecule has 0 amide bonds. The van der Waals surface area contributed by atoms with Crippen LogP contribution in [0.5, 0.6) is 0 Å². The summed E-state index contributed by atoms with van der Waals surface area (Å²) in [6, 6.07) is 5.91. The average molecular weight is 484 g/mol. The van der Waals surface area contributed by atoms with Crippen LogP contribution < -0.4 is 0 Å². The van der Waals surface area contributed by atoms with Crippen molar-refractivity contribution in [2.24, 2.45) is 0 Å². The Hall–Kier alpha value is -0.110. The molecule has 0 saturated carbocycles. The number of hydrogen-bond donors (Lipinski definition) is 1. The second-order valence-electron chi connectivity index (χ2n) is 4.76. The first kappa shape index (κ1) is 17.2. The van der Waals surface area contributed by atoms with E-state index in [-0.39, 0.29) is 0 Å². The lowest BCUT2D eigenvalue weighted by molar-refractivity contribution is 0.174. The number of aromatic nitrogens is 2. The van der Waals surface area contributed by atoms with E-state index in [0.29, 0.717) is 11.4 Å². The van der Waals surface area contributed by atoms with Gasteiger partial charge in [-0.25, -0.2) is 0 Å². The molecule has 21 heavy (non-hydrogen) atoms. The Balaban J connectivity index is 2.33. The molecule has 1 unspecified atom stereocenters. The first-order chi connectivity index (χ1) is 9.97. The van der Waals surface area contributed by atoms with E-state index in [2.05, 4.69) is 43.6 Å². The third-order valence-electron chi connectivity index (χ3n) is 3.40. The summed E-state index contributed by atoms with van der Waals surface area (Å²) in [6.07, 6.45) is 0.661. The van der Waals surface area contributed by atoms with Gasteiger partial charge < -0.3 is 5.11 Å². The zero-order chi connectivity index (χ0) is 15.6. The molecule has 0 bridgehead atoms. The summed E-state index contributed by atoms with van der Waals surface area (Å²) >= 11 is 12.1. The van der Waals surface area contributed by atoms with Crippen LogP contribution in [0, 0.1) is 3.57 Å². The van der Waals surface area contributed by atoms with Crippen molar-refractivity contribution in [1.82, 2.24) is 9.78 Å². The lowest BCUT2D eigenvalue weighted by Gasteiger charge is -2.14. The van der Waals surface area contributed by atoms with Gasteiger partial charge in [0.15, 0.2) is 0 Å². The molecule has 1 N–H and O–H groups in total. The second-order valence-corrected chi connectivity index (χ2v) is 7.22. The third kappa shape index (κ3) is 3.81. The summed E-state index contributed by atoms with van der Waals surface area (Å²) in [7, 11) is 0. The highest BCUT2D eigenvalue weighted by Gasteiger charge is 2.20. The topological polar surface area (TPSA) is 38.0 Å². The second kappa shape index (κ2) is 7.44. The van der Waals surface area contributed by atoms with Crippen LogP contribution in [0.4, 0.5) is 0 Å². The molecular weight excluding hydrogens is 466 g/mol. The van der Waals surface area contributed by atoms with Gasteiger partial charge in [0, 0.05) is 21.0 Å². The van der Waals surface area contributed by atoms with Gasteiger partial charge in [0.05, 0.1) is 22.5 Å². The van der Waals surface area contributed by atoms with Crippen molar-refractivity contribution >= 4 is 50.1 Å². The minimum atomic E-state index is -0.599. The number of aliphatic hydroxyl groups is 1. The van der Waals surface area contributed by atoms with E-state index in [0.717, 1.165) is 38.0 Å². The molecule has 1 heterocycles. The molecule has 0 spiro atoms. The molecule has 2 rings (SSSR count). The summed E-state index contributed by atoms with van der Waals surface area (Å²) in [4.78, 5) is 0. The third-order valence-corrected chi connectivity index (χ3v) is 5.31. The highest BCUT2D eigenvalue weighted by atomic mass is 127. The van der Waals surface area contributed by atoms with E-state index in [4.69, 9.17) is 11.6 Å². The molecular formula is C15H17BrClIN2O. The number of aryl methyl sites for hydroxylation is 2. The van der Waals surface area contributed by atoms with Crippen molar-refractivity contribution in [3.63, 3.8) is 0 Å². The standard InChI is InChI=1S/C15H17BrClIN2O/c1-3-12-15(17)13(20(4-2)19-12)8-14(21)10-7-9(16)5-6-11(10)18/h5-7,14,21H,3-4,8H2,1-2H3. The average Bonchev–Trinajstić information content (AvgIpc) is 2.77. The maximum atomic E-state index is 10.6. The van der Waals surface area contributed by atoms with Crippen LogP contribution in [0.2, 0.25) is 5.02 Å². The zero-order valence-electron chi connectivity index (χ0n) is 11.9. The quantitative estimate of drug-likeness (QED) is 0.623. The number of benzene rings is 1. The minimum Gasteiger partial charge on any atom is -0.388 e. The normalized spacial score (nSPS) is 12.7. The van der Waals surface area contributed by atoms with Crippen LogP contribution >= 0.6 is 50.1 Å². The maximum absolute atomic E-state index is 10.6. The Morgan fingerprint density at radius 2 is 2.14 bits per heavy atom. The van der Waals surface area contributed by atoms with E-state index in [1.165, 1.54) is 0 Å². The molecule has 114 valence electrons. The van der Waals surface area contributed by atoms with Crippen LogP contribution in [0.25, 0.3) is 0 Å². The van der Waals surface area contributed by atoms with E-state index >= 15 is 0 Å². The van der Waals surface area contributed by atoms with Crippen LogP contribution in [-0.2, 0) is 19.4 Å². The van der Waals surface area contributed by atoms with Gasteiger partial charge in [-0.3, -0.25) is 4.68 Å². The Labute approximate surface area is 152 Å². The van der Waals surface area contributed by atoms with Gasteiger partial charge in [0.2, 0.25) is 0 Å². The molecule has 0 fully saturated rings. The number of rotatable bonds is 5. The Bertz CT molecular complexity index is 645. The van der Waals surface area contributed by atoms with Crippen molar-refractivity contribution in [1.29, 1.82) is 0 Å². The van der Waals surface area contributed by atoms with Crippen LogP contribution in [-0.4, -0.2) is 14.9 Å². The fourth-order valence-corrected chi connectivity index (χ4v) is 3.70. The predicted octanol–water partition coefficient (Wildman–Crippen LogP) is 4.76. The molecule has 0 aliphatic heterocycles. The lowest BCUT2D eigenvalue weighted by Crippen LogP contribution is -2.10. The first-order valence-corrected chi connectivity index (χ1v) is 9.09. The summed E-state index contributed by atoms with van der Waals surface area (Å²) < 4.78 is 3.88. The van der Waals surface area contributed by atoms with Gasteiger partial charge in [0.1, 0.15) is 0 Å². The number of halogens is 3. The Kier molecular flexibility index (Phi) is 6.11. The van der Waals surface area contributed by atoms with Gasteiger partial charge in [-0.1, -0.05) is 34.5 Å². The molecule has 1 atom stereocenters. The van der Waals surface area contributed by atoms with Crippen LogP contribution in [0.3, 0.4) is 0 Å². The number of nitrogens with zero attached hydrogens (tertiary/aromatic N) is 2. The Morgan fingerprint density at radius 3 is 2.76 bits per heavy atom. The van der Waals surface area contributed by atoms with Crippen molar-refractivity contribution in [3.05, 3.63) is 48.2 Å². The highest BCUT2D eigenvalue weighted by Crippen LogP contribution is 2.30. The molecule has 0 radical (unpaired) electrons. The van der Waals surface area contributed by atoms with Gasteiger partial charge in [0.25, 0.3) is 0 Å². The number of aliphatic hydroxyl groups excluding tert-OH is 1. The molecule has 6 heteroatoms. The van der Waals surface area contributed by atoms with Crippen molar-refractivity contribution < 1.29 is 5.11 Å². The van der Waals surface area contributed by atoms with Crippen LogP contribution in [0.1, 0.15) is 36.9 Å². The van der Waals surface area contributed by atoms with Gasteiger partial charge in [-0.05, 0) is 59.7 Å². The fourth-order valence-electron chi connectivity index (χ4n) is 2.28.